The Morgan fingerprint density at radius 3 is 1.02 bits per heavy atom. The monoisotopic (exact) mass is 1030 g/mol. The van der Waals surface area contributed by atoms with Crippen LogP contribution in [0.4, 0.5) is 22.7 Å². The first-order valence-corrected chi connectivity index (χ1v) is 25.7. The molecule has 2 aliphatic rings. The molecular formula is C34H26N6O20S6. The minimum absolute atomic E-state index is 0.247. The highest BCUT2D eigenvalue weighted by Crippen LogP contribution is 2.37. The lowest BCUT2D eigenvalue weighted by Gasteiger charge is -2.18. The van der Waals surface area contributed by atoms with Crippen molar-refractivity contribution in [3.8, 4) is 0 Å². The molecule has 0 radical (unpaired) electrons. The van der Waals surface area contributed by atoms with Crippen LogP contribution in [0.2, 0.25) is 0 Å². The van der Waals surface area contributed by atoms with E-state index >= 15 is 0 Å². The minimum Gasteiger partial charge on any atom is -0.397 e. The Balaban J connectivity index is 1.30. The average Bonchev–Trinajstić information content (AvgIpc) is 3.17. The Kier molecular flexibility index (Phi) is 12.4. The van der Waals surface area contributed by atoms with Gasteiger partial charge in [0, 0.05) is 11.1 Å². The van der Waals surface area contributed by atoms with Gasteiger partial charge in [-0.15, -0.1) is 0 Å². The number of hydrogen-bond donors (Lipinski definition) is 10. The summed E-state index contributed by atoms with van der Waals surface area (Å²) in [7, 11) is -31.1. The maximum atomic E-state index is 13.3. The molecule has 0 saturated carbocycles. The topological polar surface area (TPSA) is 461 Å². The van der Waals surface area contributed by atoms with Gasteiger partial charge in [-0.05, 0) is 59.7 Å². The van der Waals surface area contributed by atoms with Gasteiger partial charge in [0.05, 0.1) is 33.9 Å². The lowest BCUT2D eigenvalue weighted by Crippen LogP contribution is -2.23. The number of benzene rings is 4. The van der Waals surface area contributed by atoms with Crippen LogP contribution >= 0.6 is 0 Å². The van der Waals surface area contributed by atoms with Gasteiger partial charge in [-0.3, -0.25) is 47.8 Å². The molecule has 2 aliphatic carbocycles. The van der Waals surface area contributed by atoms with Gasteiger partial charge in [0.2, 0.25) is 11.6 Å². The number of carbonyl (C=O) groups is 2. The second-order valence-electron chi connectivity index (χ2n) is 13.4. The molecule has 4 aromatic rings. The Hall–Kier alpha value is -6.56. The Labute approximate surface area is 372 Å². The minimum atomic E-state index is -5.25. The smallest absolute Gasteiger partial charge is 0.296 e. The van der Waals surface area contributed by atoms with Crippen LogP contribution in [0.15, 0.2) is 100 Å². The molecular weight excluding hydrogens is 1000 g/mol. The van der Waals surface area contributed by atoms with Crippen molar-refractivity contribution < 1.29 is 87.4 Å². The lowest BCUT2D eigenvalue weighted by molar-refractivity contribution is 0.105. The van der Waals surface area contributed by atoms with Crippen LogP contribution in [0.3, 0.4) is 0 Å². The van der Waals surface area contributed by atoms with E-state index in [9.17, 15) is 87.4 Å². The molecule has 0 fully saturated rings. The molecule has 4 aromatic carbocycles. The van der Waals surface area contributed by atoms with E-state index in [1.165, 1.54) is 0 Å². The van der Waals surface area contributed by atoms with Gasteiger partial charge in [0.15, 0.2) is 0 Å². The fourth-order valence-corrected chi connectivity index (χ4v) is 10.6. The second kappa shape index (κ2) is 16.7. The highest BCUT2D eigenvalue weighted by atomic mass is 32.2. The van der Waals surface area contributed by atoms with E-state index < -0.39 is 147 Å². The largest absolute Gasteiger partial charge is 0.397 e. The SMILES string of the molecule is Nc1c(S(=O)(=O)O)cc(S(=O)(=O)O)c2c1C(=O)/C(=N/Nc1ccc(/C=C/c3ccc(N/N=C4\C=Cc5c(S(=O)(=O)O)cc(S(=O)(=O)O)c(N)c5C4=O)cc3S(=O)(=O)O)c(S(=O)(=O)O)c1)C=C2. The first kappa shape index (κ1) is 48.9. The van der Waals surface area contributed by atoms with Crippen LogP contribution in [0, 0.1) is 0 Å². The first-order valence-electron chi connectivity index (χ1n) is 17.1. The average molecular weight is 1030 g/mol. The third kappa shape index (κ3) is 9.83. The zero-order chi connectivity index (χ0) is 49.3. The van der Waals surface area contributed by atoms with Crippen molar-refractivity contribution in [2.45, 2.75) is 29.4 Å². The molecule has 348 valence electrons. The number of hydrogen-bond acceptors (Lipinski definition) is 20. The number of fused-ring (bicyclic) bond motifs is 2. The summed E-state index contributed by atoms with van der Waals surface area (Å²) >= 11 is 0. The van der Waals surface area contributed by atoms with E-state index in [2.05, 4.69) is 21.1 Å². The fraction of sp³-hybridized carbons (Fsp3) is 0. The van der Waals surface area contributed by atoms with E-state index in [4.69, 9.17) is 11.5 Å². The first-order chi connectivity index (χ1) is 30.2. The van der Waals surface area contributed by atoms with Gasteiger partial charge < -0.3 is 11.5 Å². The summed E-state index contributed by atoms with van der Waals surface area (Å²) in [6.45, 7) is 0. The molecule has 12 N–H and O–H groups in total. The van der Waals surface area contributed by atoms with Crippen LogP contribution in [0.25, 0.3) is 24.3 Å². The third-order valence-corrected chi connectivity index (χ3v) is 14.5. The molecule has 0 aliphatic heterocycles. The standard InChI is InChI=1S/C34H26N6O20S6/c35-31-27(65(55,56)57)13-25(63(49,50)51)19-7-9-21(33(41)29(19)31)39-37-17-5-3-15(23(11-17)61(43,44)45)1-2-16-4-6-18(12-24(16)62(46,47)48)38-40-22-10-8-20-26(64(52,53)54)14-28(66(58,59)60)32(36)30(20)34(22)42/h1-14,37-38H,35-36H2,(H,43,44,45)(H,46,47,48)(H,49,50,51)(H,52,53,54)(H,55,56,57)(H,58,59,60)/b2-1+,39-21+,40-22+. The number of nitrogens with two attached hydrogens (primary N) is 2. The van der Waals surface area contributed by atoms with Crippen molar-refractivity contribution in [2.24, 2.45) is 10.2 Å². The Bertz CT molecular complexity index is 3500. The van der Waals surface area contributed by atoms with E-state index in [0.717, 1.165) is 72.9 Å². The molecule has 0 atom stereocenters. The molecule has 0 aromatic heterocycles. The van der Waals surface area contributed by atoms with Crippen LogP contribution < -0.4 is 22.3 Å². The molecule has 6 rings (SSSR count). The van der Waals surface area contributed by atoms with Gasteiger partial charge >= 0.3 is 0 Å². The number of Topliss-reactive ketones (excluding diaryl/α,β-unsaturated/α-hetero) is 2. The summed E-state index contributed by atoms with van der Waals surface area (Å²) in [6, 6.07) is 6.65. The molecule has 26 nitrogen and oxygen atoms in total. The number of rotatable bonds is 12. The normalized spacial score (nSPS) is 15.9. The number of ketones is 2. The van der Waals surface area contributed by atoms with E-state index in [-0.39, 0.29) is 22.5 Å². The van der Waals surface area contributed by atoms with Gasteiger partial charge in [-0.1, -0.05) is 36.4 Å². The van der Waals surface area contributed by atoms with Crippen LogP contribution in [0.5, 0.6) is 0 Å². The summed E-state index contributed by atoms with van der Waals surface area (Å²) in [5.41, 5.74) is 9.37. The fourth-order valence-electron chi connectivity index (χ4n) is 6.27. The van der Waals surface area contributed by atoms with Crippen LogP contribution in [-0.2, 0) is 60.7 Å². The lowest BCUT2D eigenvalue weighted by atomic mass is 9.93. The number of carbonyl (C=O) groups excluding carboxylic acids is 2. The molecule has 0 unspecified atom stereocenters. The number of anilines is 4. The number of nitrogens with one attached hydrogen (secondary N) is 2. The molecule has 0 saturated heterocycles. The number of nitrogen functional groups attached to an aromatic ring is 2. The predicted octanol–water partition coefficient (Wildman–Crippen LogP) is 1.86. The number of hydrazone groups is 2. The number of allylic oxidation sites excluding steroid dienone is 2. The Morgan fingerprint density at radius 2 is 0.727 bits per heavy atom. The van der Waals surface area contributed by atoms with Crippen molar-refractivity contribution in [1.82, 2.24) is 0 Å². The van der Waals surface area contributed by atoms with Crippen molar-refractivity contribution in [2.75, 3.05) is 22.3 Å². The summed E-state index contributed by atoms with van der Waals surface area (Å²) in [5, 5.41) is 7.59. The zero-order valence-electron chi connectivity index (χ0n) is 32.0. The summed E-state index contributed by atoms with van der Waals surface area (Å²) < 4.78 is 204. The maximum Gasteiger partial charge on any atom is 0.296 e. The number of nitrogens with zero attached hydrogens (tertiary/aromatic N) is 2. The van der Waals surface area contributed by atoms with Crippen LogP contribution in [0.1, 0.15) is 43.0 Å². The van der Waals surface area contributed by atoms with Gasteiger partial charge in [-0.25, -0.2) is 0 Å². The summed E-state index contributed by atoms with van der Waals surface area (Å²) in [6.07, 6.45) is 5.63. The molecule has 32 heteroatoms. The van der Waals surface area contributed by atoms with E-state index in [0.29, 0.717) is 12.1 Å². The maximum absolute atomic E-state index is 13.3. The van der Waals surface area contributed by atoms with Crippen LogP contribution in [-0.4, -0.2) is 101 Å². The highest BCUT2D eigenvalue weighted by molar-refractivity contribution is 7.87. The molecule has 0 amide bonds. The van der Waals surface area contributed by atoms with Gasteiger partial charge in [-0.2, -0.15) is 60.7 Å². The van der Waals surface area contributed by atoms with Crippen molar-refractivity contribution >= 4 is 131 Å². The molecule has 0 spiro atoms. The predicted molar refractivity (Wildman–Crippen MR) is 231 cm³/mol. The molecule has 0 heterocycles. The van der Waals surface area contributed by atoms with E-state index in [1.807, 2.05) is 0 Å². The van der Waals surface area contributed by atoms with Crippen molar-refractivity contribution in [1.29, 1.82) is 0 Å². The third-order valence-electron chi connectivity index (χ3n) is 9.15. The van der Waals surface area contributed by atoms with E-state index in [1.54, 1.807) is 0 Å². The van der Waals surface area contributed by atoms with Gasteiger partial charge in [0.25, 0.3) is 60.7 Å². The van der Waals surface area contributed by atoms with Crippen molar-refractivity contribution in [3.63, 3.8) is 0 Å². The van der Waals surface area contributed by atoms with Crippen molar-refractivity contribution in [3.05, 3.63) is 94.1 Å². The summed E-state index contributed by atoms with van der Waals surface area (Å²) in [4.78, 5) is 20.3. The Morgan fingerprint density at radius 1 is 0.424 bits per heavy atom. The highest BCUT2D eigenvalue weighted by Gasteiger charge is 2.35. The summed E-state index contributed by atoms with van der Waals surface area (Å²) in [5.74, 6) is -2.45. The van der Waals surface area contributed by atoms with Gasteiger partial charge in [0.1, 0.15) is 40.8 Å². The molecule has 0 bridgehead atoms. The quantitative estimate of drug-likeness (QED) is 0.0419. The molecule has 66 heavy (non-hydrogen) atoms. The zero-order valence-corrected chi connectivity index (χ0v) is 36.9. The second-order valence-corrected chi connectivity index (χ2v) is 21.7.